The molecule has 0 saturated heterocycles. The van der Waals surface area contributed by atoms with E-state index in [2.05, 4.69) is 5.32 Å². The van der Waals surface area contributed by atoms with Crippen LogP contribution in [0.15, 0.2) is 77.7 Å². The van der Waals surface area contributed by atoms with Crippen molar-refractivity contribution in [2.24, 2.45) is 0 Å². The predicted molar refractivity (Wildman–Crippen MR) is 124 cm³/mol. The van der Waals surface area contributed by atoms with E-state index < -0.39 is 22.5 Å². The number of sulfonamides is 1. The van der Waals surface area contributed by atoms with Crippen molar-refractivity contribution >= 4 is 33.2 Å². The Morgan fingerprint density at radius 1 is 0.969 bits per heavy atom. The molecule has 1 N–H and O–H groups in total. The number of halogens is 1. The maximum atomic E-state index is 13.5. The van der Waals surface area contributed by atoms with E-state index in [0.29, 0.717) is 10.8 Å². The Labute approximate surface area is 192 Å². The topological polar surface area (TPSA) is 84.9 Å². The lowest BCUT2D eigenvalue weighted by Crippen LogP contribution is -2.40. The summed E-state index contributed by atoms with van der Waals surface area (Å²) in [6.45, 7) is -0.290. The van der Waals surface area contributed by atoms with Gasteiger partial charge in [0.05, 0.1) is 24.8 Å². The Kier molecular flexibility index (Phi) is 7.61. The number of hydrogen-bond acceptors (Lipinski definition) is 5. The van der Waals surface area contributed by atoms with Crippen molar-refractivity contribution in [2.45, 2.75) is 11.4 Å². The molecule has 0 fully saturated rings. The van der Waals surface area contributed by atoms with Gasteiger partial charge in [0, 0.05) is 17.6 Å². The Bertz CT molecular complexity index is 1190. The van der Waals surface area contributed by atoms with Gasteiger partial charge >= 0.3 is 0 Å². The third-order valence-corrected chi connectivity index (χ3v) is 6.85. The van der Waals surface area contributed by atoms with E-state index in [1.54, 1.807) is 54.6 Å². The second-order valence-corrected chi connectivity index (χ2v) is 9.00. The zero-order valence-corrected chi connectivity index (χ0v) is 19.2. The van der Waals surface area contributed by atoms with Crippen molar-refractivity contribution in [3.8, 4) is 11.5 Å². The maximum absolute atomic E-state index is 13.5. The van der Waals surface area contributed by atoms with Crippen LogP contribution in [-0.2, 0) is 21.4 Å². The smallest absolute Gasteiger partial charge is 0.264 e. The van der Waals surface area contributed by atoms with Gasteiger partial charge in [-0.25, -0.2) is 8.42 Å². The normalized spacial score (nSPS) is 11.0. The fraction of sp³-hybridized carbons (Fsp3) is 0.174. The average Bonchev–Trinajstić information content (AvgIpc) is 2.82. The highest BCUT2D eigenvalue weighted by Crippen LogP contribution is 2.35. The van der Waals surface area contributed by atoms with Gasteiger partial charge in [0.15, 0.2) is 0 Å². The Balaban J connectivity index is 1.94. The van der Waals surface area contributed by atoms with Gasteiger partial charge in [0.2, 0.25) is 5.91 Å². The number of carbonyl (C=O) groups excluding carboxylic acids is 1. The molecule has 0 atom stereocenters. The van der Waals surface area contributed by atoms with Gasteiger partial charge in [-0.05, 0) is 35.9 Å². The number of benzene rings is 3. The van der Waals surface area contributed by atoms with E-state index in [0.717, 1.165) is 9.87 Å². The van der Waals surface area contributed by atoms with Crippen LogP contribution in [0.1, 0.15) is 5.56 Å². The van der Waals surface area contributed by atoms with Crippen LogP contribution in [0.25, 0.3) is 0 Å². The van der Waals surface area contributed by atoms with Gasteiger partial charge < -0.3 is 14.8 Å². The molecule has 0 aliphatic rings. The SMILES string of the molecule is COc1ccc(N(CC(=O)NCc2ccccc2Cl)S(=O)(=O)c2ccccc2)c(OC)c1. The van der Waals surface area contributed by atoms with Crippen LogP contribution in [-0.4, -0.2) is 35.1 Å². The third kappa shape index (κ3) is 5.33. The van der Waals surface area contributed by atoms with Crippen LogP contribution < -0.4 is 19.1 Å². The summed E-state index contributed by atoms with van der Waals surface area (Å²) in [7, 11) is -1.15. The molecule has 0 aliphatic carbocycles. The summed E-state index contributed by atoms with van der Waals surface area (Å²) in [6.07, 6.45) is 0. The van der Waals surface area contributed by atoms with Crippen LogP contribution in [0, 0.1) is 0 Å². The molecular weight excluding hydrogens is 452 g/mol. The van der Waals surface area contributed by atoms with Gasteiger partial charge in [-0.1, -0.05) is 48.0 Å². The van der Waals surface area contributed by atoms with Crippen molar-refractivity contribution < 1.29 is 22.7 Å². The van der Waals surface area contributed by atoms with Crippen molar-refractivity contribution in [3.05, 3.63) is 83.4 Å². The van der Waals surface area contributed by atoms with E-state index in [4.69, 9.17) is 21.1 Å². The van der Waals surface area contributed by atoms with Gasteiger partial charge in [-0.15, -0.1) is 0 Å². The average molecular weight is 475 g/mol. The van der Waals surface area contributed by atoms with Crippen molar-refractivity contribution in [2.75, 3.05) is 25.1 Å². The molecule has 0 radical (unpaired) electrons. The lowest BCUT2D eigenvalue weighted by atomic mass is 10.2. The molecule has 3 aromatic carbocycles. The third-order valence-electron chi connectivity index (χ3n) is 4.71. The summed E-state index contributed by atoms with van der Waals surface area (Å²) in [5, 5.41) is 3.24. The lowest BCUT2D eigenvalue weighted by molar-refractivity contribution is -0.119. The van der Waals surface area contributed by atoms with Gasteiger partial charge in [-0.2, -0.15) is 0 Å². The molecule has 0 unspecified atom stereocenters. The second-order valence-electron chi connectivity index (χ2n) is 6.73. The molecule has 7 nitrogen and oxygen atoms in total. The second kappa shape index (κ2) is 10.4. The number of nitrogens with one attached hydrogen (secondary N) is 1. The minimum atomic E-state index is -4.07. The van der Waals surface area contributed by atoms with Gasteiger partial charge in [-0.3, -0.25) is 9.10 Å². The molecule has 0 saturated carbocycles. The minimum absolute atomic E-state index is 0.0526. The van der Waals surface area contributed by atoms with Gasteiger partial charge in [0.1, 0.15) is 18.0 Å². The Morgan fingerprint density at radius 3 is 2.31 bits per heavy atom. The zero-order valence-electron chi connectivity index (χ0n) is 17.6. The van der Waals surface area contributed by atoms with Gasteiger partial charge in [0.25, 0.3) is 10.0 Å². The lowest BCUT2D eigenvalue weighted by Gasteiger charge is -2.26. The summed E-state index contributed by atoms with van der Waals surface area (Å²) in [6, 6.07) is 19.7. The first kappa shape index (κ1) is 23.4. The number of anilines is 1. The highest BCUT2D eigenvalue weighted by molar-refractivity contribution is 7.92. The van der Waals surface area contributed by atoms with Crippen LogP contribution in [0.3, 0.4) is 0 Å². The maximum Gasteiger partial charge on any atom is 0.264 e. The van der Waals surface area contributed by atoms with E-state index in [1.165, 1.54) is 26.4 Å². The van der Waals surface area contributed by atoms with Crippen LogP contribution in [0.5, 0.6) is 11.5 Å². The minimum Gasteiger partial charge on any atom is -0.497 e. The van der Waals surface area contributed by atoms with Crippen LogP contribution in [0.4, 0.5) is 5.69 Å². The summed E-state index contributed by atoms with van der Waals surface area (Å²) < 4.78 is 38.5. The molecule has 0 aromatic heterocycles. The molecule has 0 aliphatic heterocycles. The molecule has 168 valence electrons. The largest absolute Gasteiger partial charge is 0.497 e. The Morgan fingerprint density at radius 2 is 1.66 bits per heavy atom. The van der Waals surface area contributed by atoms with Crippen LogP contribution in [0.2, 0.25) is 5.02 Å². The first-order valence-electron chi connectivity index (χ1n) is 9.66. The zero-order chi connectivity index (χ0) is 23.1. The molecule has 0 heterocycles. The van der Waals surface area contributed by atoms with Crippen LogP contribution >= 0.6 is 11.6 Å². The molecular formula is C23H23ClN2O5S. The molecule has 32 heavy (non-hydrogen) atoms. The number of amides is 1. The summed E-state index contributed by atoms with van der Waals surface area (Å²) in [5.41, 5.74) is 0.937. The quantitative estimate of drug-likeness (QED) is 0.509. The monoisotopic (exact) mass is 474 g/mol. The highest BCUT2D eigenvalue weighted by atomic mass is 35.5. The molecule has 0 bridgehead atoms. The molecule has 3 aromatic rings. The number of methoxy groups -OCH3 is 2. The highest BCUT2D eigenvalue weighted by Gasteiger charge is 2.29. The summed E-state index contributed by atoms with van der Waals surface area (Å²) >= 11 is 6.14. The number of hydrogen-bond donors (Lipinski definition) is 1. The summed E-state index contributed by atoms with van der Waals surface area (Å²) in [5.74, 6) is 0.246. The van der Waals surface area contributed by atoms with Crippen molar-refractivity contribution in [1.82, 2.24) is 5.32 Å². The van der Waals surface area contributed by atoms with Crippen molar-refractivity contribution in [3.63, 3.8) is 0 Å². The van der Waals surface area contributed by atoms with E-state index in [-0.39, 0.29) is 22.9 Å². The fourth-order valence-electron chi connectivity index (χ4n) is 3.03. The number of ether oxygens (including phenoxy) is 2. The number of carbonyl (C=O) groups is 1. The first-order chi connectivity index (χ1) is 15.4. The van der Waals surface area contributed by atoms with E-state index in [9.17, 15) is 13.2 Å². The summed E-state index contributed by atoms with van der Waals surface area (Å²) in [4.78, 5) is 12.8. The van der Waals surface area contributed by atoms with E-state index in [1.807, 2.05) is 6.07 Å². The molecule has 0 spiro atoms. The fourth-order valence-corrected chi connectivity index (χ4v) is 4.69. The van der Waals surface area contributed by atoms with Crippen molar-refractivity contribution in [1.29, 1.82) is 0 Å². The Hall–Kier alpha value is -3.23. The standard InChI is InChI=1S/C23H23ClN2O5S/c1-30-18-12-13-21(22(14-18)31-2)26(32(28,29)19-9-4-3-5-10-19)16-23(27)25-15-17-8-6-7-11-20(17)24/h3-14H,15-16H2,1-2H3,(H,25,27). The first-order valence-corrected chi connectivity index (χ1v) is 11.5. The molecule has 1 amide bonds. The molecule has 9 heteroatoms. The number of rotatable bonds is 9. The number of nitrogens with zero attached hydrogens (tertiary/aromatic N) is 1. The van der Waals surface area contributed by atoms with E-state index >= 15 is 0 Å². The predicted octanol–water partition coefficient (Wildman–Crippen LogP) is 3.87. The molecule has 3 rings (SSSR count).